The molecule has 0 saturated carbocycles. The molecule has 0 heterocycles. The molecule has 2 aromatic carbocycles. The van der Waals surface area contributed by atoms with E-state index < -0.39 is 35.2 Å². The van der Waals surface area contributed by atoms with Crippen molar-refractivity contribution in [1.82, 2.24) is 0 Å². The van der Waals surface area contributed by atoms with Crippen molar-refractivity contribution in [3.63, 3.8) is 0 Å². The van der Waals surface area contributed by atoms with E-state index in [1.54, 1.807) is 24.3 Å². The average Bonchev–Trinajstić information content (AvgIpc) is 2.54. The van der Waals surface area contributed by atoms with Gasteiger partial charge in [0.1, 0.15) is 17.4 Å². The second-order valence-electron chi connectivity index (χ2n) is 4.89. The van der Waals surface area contributed by atoms with Gasteiger partial charge in [-0.25, -0.2) is 13.6 Å². The highest BCUT2D eigenvalue weighted by Gasteiger charge is 2.21. The first-order valence-electron chi connectivity index (χ1n) is 7.01. The summed E-state index contributed by atoms with van der Waals surface area (Å²) in [6.07, 6.45) is -1.17. The number of benzene rings is 2. The predicted octanol–water partition coefficient (Wildman–Crippen LogP) is 3.16. The smallest absolute Gasteiger partial charge is 0.341 e. The normalized spacial score (nSPS) is 11.5. The van der Waals surface area contributed by atoms with E-state index in [4.69, 9.17) is 9.47 Å². The van der Waals surface area contributed by atoms with E-state index in [1.165, 1.54) is 14.0 Å². The summed E-state index contributed by atoms with van der Waals surface area (Å²) in [4.78, 5) is 23.9. The van der Waals surface area contributed by atoms with Crippen LogP contribution >= 0.6 is 0 Å². The van der Waals surface area contributed by atoms with Crippen molar-refractivity contribution in [1.29, 1.82) is 0 Å². The number of ether oxygens (including phenoxy) is 2. The standard InChI is InChI=1S/C17H15F2NO4/c1-10(16(21)20-12-4-3-5-13(9-12)23-2)24-17(22)14-7-6-11(18)8-15(14)19/h3-10H,1-2H3,(H,20,21)/t10-/m1/s1. The van der Waals surface area contributed by atoms with Crippen LogP contribution < -0.4 is 10.1 Å². The quantitative estimate of drug-likeness (QED) is 0.853. The fourth-order valence-corrected chi connectivity index (χ4v) is 1.88. The first-order chi connectivity index (χ1) is 11.4. The van der Waals surface area contributed by atoms with Crippen LogP contribution in [0.1, 0.15) is 17.3 Å². The van der Waals surface area contributed by atoms with Gasteiger partial charge in [0.2, 0.25) is 0 Å². The van der Waals surface area contributed by atoms with Crippen LogP contribution in [-0.4, -0.2) is 25.1 Å². The largest absolute Gasteiger partial charge is 0.497 e. The van der Waals surface area contributed by atoms with Crippen LogP contribution in [0.5, 0.6) is 5.75 Å². The SMILES string of the molecule is COc1cccc(NC(=O)[C@@H](C)OC(=O)c2ccc(F)cc2F)c1. The van der Waals surface area contributed by atoms with Gasteiger partial charge in [-0.15, -0.1) is 0 Å². The molecule has 0 aliphatic heterocycles. The molecule has 126 valence electrons. The highest BCUT2D eigenvalue weighted by molar-refractivity contribution is 5.97. The van der Waals surface area contributed by atoms with Crippen LogP contribution in [0, 0.1) is 11.6 Å². The molecule has 2 aromatic rings. The Morgan fingerprint density at radius 1 is 1.12 bits per heavy atom. The summed E-state index contributed by atoms with van der Waals surface area (Å²) >= 11 is 0. The lowest BCUT2D eigenvalue weighted by atomic mass is 10.2. The molecule has 0 bridgehead atoms. The summed E-state index contributed by atoms with van der Waals surface area (Å²) in [6.45, 7) is 1.34. The Morgan fingerprint density at radius 2 is 1.88 bits per heavy atom. The van der Waals surface area contributed by atoms with Gasteiger partial charge in [0, 0.05) is 17.8 Å². The molecule has 0 aliphatic rings. The number of rotatable bonds is 5. The Kier molecular flexibility index (Phi) is 5.47. The molecular weight excluding hydrogens is 320 g/mol. The van der Waals surface area contributed by atoms with Crippen LogP contribution in [0.15, 0.2) is 42.5 Å². The molecular formula is C17H15F2NO4. The van der Waals surface area contributed by atoms with E-state index >= 15 is 0 Å². The summed E-state index contributed by atoms with van der Waals surface area (Å²) in [5.74, 6) is -2.97. The molecule has 0 spiro atoms. The van der Waals surface area contributed by atoms with Gasteiger partial charge in [0.05, 0.1) is 12.7 Å². The highest BCUT2D eigenvalue weighted by atomic mass is 19.1. The Hall–Kier alpha value is -2.96. The van der Waals surface area contributed by atoms with Gasteiger partial charge < -0.3 is 14.8 Å². The van der Waals surface area contributed by atoms with Crippen molar-refractivity contribution in [2.75, 3.05) is 12.4 Å². The summed E-state index contributed by atoms with van der Waals surface area (Å²) in [7, 11) is 1.49. The van der Waals surface area contributed by atoms with Crippen molar-refractivity contribution in [2.24, 2.45) is 0 Å². The average molecular weight is 335 g/mol. The second kappa shape index (κ2) is 7.54. The number of hydrogen-bond donors (Lipinski definition) is 1. The van der Waals surface area contributed by atoms with Gasteiger partial charge in [-0.05, 0) is 31.2 Å². The van der Waals surface area contributed by atoms with Gasteiger partial charge >= 0.3 is 5.97 Å². The lowest BCUT2D eigenvalue weighted by Gasteiger charge is -2.14. The maximum Gasteiger partial charge on any atom is 0.341 e. The molecule has 0 aromatic heterocycles. The van der Waals surface area contributed by atoms with E-state index in [0.29, 0.717) is 17.5 Å². The van der Waals surface area contributed by atoms with E-state index in [9.17, 15) is 18.4 Å². The van der Waals surface area contributed by atoms with Gasteiger partial charge in [-0.2, -0.15) is 0 Å². The van der Waals surface area contributed by atoms with Crippen LogP contribution in [0.2, 0.25) is 0 Å². The lowest BCUT2D eigenvalue weighted by molar-refractivity contribution is -0.123. The minimum Gasteiger partial charge on any atom is -0.497 e. The molecule has 1 amide bonds. The number of nitrogens with one attached hydrogen (secondary N) is 1. The first-order valence-corrected chi connectivity index (χ1v) is 7.01. The Bertz CT molecular complexity index is 764. The summed E-state index contributed by atoms with van der Waals surface area (Å²) in [5.41, 5.74) is 0.00708. The third-order valence-corrected chi connectivity index (χ3v) is 3.14. The van der Waals surface area contributed by atoms with Crippen LogP contribution in [-0.2, 0) is 9.53 Å². The third kappa shape index (κ3) is 4.28. The van der Waals surface area contributed by atoms with Crippen molar-refractivity contribution in [3.05, 3.63) is 59.7 Å². The van der Waals surface area contributed by atoms with Crippen LogP contribution in [0.4, 0.5) is 14.5 Å². The fourth-order valence-electron chi connectivity index (χ4n) is 1.88. The zero-order valence-electron chi connectivity index (χ0n) is 13.0. The number of hydrogen-bond acceptors (Lipinski definition) is 4. The Balaban J connectivity index is 2.01. The molecule has 0 radical (unpaired) electrons. The first kappa shape index (κ1) is 17.4. The molecule has 1 atom stereocenters. The zero-order chi connectivity index (χ0) is 17.7. The number of esters is 1. The molecule has 0 saturated heterocycles. The second-order valence-corrected chi connectivity index (χ2v) is 4.89. The van der Waals surface area contributed by atoms with Gasteiger partial charge in [0.15, 0.2) is 6.10 Å². The number of carbonyl (C=O) groups is 2. The number of methoxy groups -OCH3 is 1. The lowest BCUT2D eigenvalue weighted by Crippen LogP contribution is -2.30. The summed E-state index contributed by atoms with van der Waals surface area (Å²) in [6, 6.07) is 9.06. The Morgan fingerprint density at radius 3 is 2.54 bits per heavy atom. The Labute approximate surface area is 137 Å². The maximum atomic E-state index is 13.5. The zero-order valence-corrected chi connectivity index (χ0v) is 13.0. The maximum absolute atomic E-state index is 13.5. The number of anilines is 1. The molecule has 0 fully saturated rings. The molecule has 1 N–H and O–H groups in total. The van der Waals surface area contributed by atoms with E-state index in [-0.39, 0.29) is 0 Å². The van der Waals surface area contributed by atoms with E-state index in [1.807, 2.05) is 0 Å². The van der Waals surface area contributed by atoms with Crippen LogP contribution in [0.25, 0.3) is 0 Å². The number of carbonyl (C=O) groups excluding carboxylic acids is 2. The topological polar surface area (TPSA) is 64.6 Å². The highest BCUT2D eigenvalue weighted by Crippen LogP contribution is 2.17. The minimum atomic E-state index is -1.17. The van der Waals surface area contributed by atoms with E-state index in [2.05, 4.69) is 5.32 Å². The van der Waals surface area contributed by atoms with Gasteiger partial charge in [0.25, 0.3) is 5.91 Å². The summed E-state index contributed by atoms with van der Waals surface area (Å²) < 4.78 is 36.3. The van der Waals surface area contributed by atoms with E-state index in [0.717, 1.165) is 12.1 Å². The van der Waals surface area contributed by atoms with Gasteiger partial charge in [-0.1, -0.05) is 6.07 Å². The molecule has 2 rings (SSSR count). The molecule has 0 aliphatic carbocycles. The minimum absolute atomic E-state index is 0.447. The fraction of sp³-hybridized carbons (Fsp3) is 0.176. The van der Waals surface area contributed by atoms with Crippen molar-refractivity contribution >= 4 is 17.6 Å². The van der Waals surface area contributed by atoms with Crippen molar-refractivity contribution in [3.8, 4) is 5.75 Å². The van der Waals surface area contributed by atoms with Crippen LogP contribution in [0.3, 0.4) is 0 Å². The molecule has 7 heteroatoms. The molecule has 24 heavy (non-hydrogen) atoms. The predicted molar refractivity (Wildman–Crippen MR) is 82.9 cm³/mol. The number of amides is 1. The monoisotopic (exact) mass is 335 g/mol. The van der Waals surface area contributed by atoms with Crippen molar-refractivity contribution < 1.29 is 27.8 Å². The third-order valence-electron chi connectivity index (χ3n) is 3.14. The summed E-state index contributed by atoms with van der Waals surface area (Å²) in [5, 5.41) is 2.55. The molecule has 0 unspecified atom stereocenters. The number of halogens is 2. The van der Waals surface area contributed by atoms with Gasteiger partial charge in [-0.3, -0.25) is 4.79 Å². The van der Waals surface area contributed by atoms with Crippen molar-refractivity contribution in [2.45, 2.75) is 13.0 Å². The molecule has 5 nitrogen and oxygen atoms in total.